The third-order valence-corrected chi connectivity index (χ3v) is 5.59. The number of benzene rings is 2. The second-order valence-corrected chi connectivity index (χ2v) is 9.02. The summed E-state index contributed by atoms with van der Waals surface area (Å²) in [6.07, 6.45) is 2.15. The van der Waals surface area contributed by atoms with Gasteiger partial charge in [-0.05, 0) is 61.2 Å². The van der Waals surface area contributed by atoms with Gasteiger partial charge in [0, 0.05) is 32.8 Å². The lowest BCUT2D eigenvalue weighted by Gasteiger charge is -2.18. The number of amides is 2. The van der Waals surface area contributed by atoms with Crippen LogP contribution in [0.4, 0.5) is 5.69 Å². The molecule has 2 N–H and O–H groups in total. The van der Waals surface area contributed by atoms with Crippen LogP contribution >= 0.6 is 23.2 Å². The van der Waals surface area contributed by atoms with Gasteiger partial charge in [-0.2, -0.15) is 4.98 Å². The van der Waals surface area contributed by atoms with Crippen molar-refractivity contribution in [2.75, 3.05) is 5.32 Å². The minimum absolute atomic E-state index is 0.0644. The van der Waals surface area contributed by atoms with Gasteiger partial charge < -0.3 is 15.2 Å². The van der Waals surface area contributed by atoms with Gasteiger partial charge in [0.05, 0.1) is 0 Å². The highest BCUT2D eigenvalue weighted by Crippen LogP contribution is 2.38. The van der Waals surface area contributed by atoms with Crippen molar-refractivity contribution in [3.05, 3.63) is 75.4 Å². The van der Waals surface area contributed by atoms with Crippen LogP contribution in [0.15, 0.2) is 47.0 Å². The second-order valence-electron chi connectivity index (χ2n) is 8.15. The first-order chi connectivity index (χ1) is 15.3. The summed E-state index contributed by atoms with van der Waals surface area (Å²) in [4.78, 5) is 29.7. The summed E-state index contributed by atoms with van der Waals surface area (Å²) in [5.74, 6) is 0.945. The van der Waals surface area contributed by atoms with Gasteiger partial charge in [-0.3, -0.25) is 9.59 Å². The Hall–Kier alpha value is -2.90. The maximum Gasteiger partial charge on any atom is 0.255 e. The fraction of sp³-hybridized carbons (Fsp3) is 0.304. The van der Waals surface area contributed by atoms with E-state index < -0.39 is 6.04 Å². The van der Waals surface area contributed by atoms with Crippen LogP contribution in [0.3, 0.4) is 0 Å². The molecule has 0 saturated heterocycles. The fourth-order valence-corrected chi connectivity index (χ4v) is 3.74. The molecule has 9 heteroatoms. The normalized spacial score (nSPS) is 14.3. The number of anilines is 1. The molecule has 0 spiro atoms. The summed E-state index contributed by atoms with van der Waals surface area (Å²) in [6, 6.07) is 10.8. The van der Waals surface area contributed by atoms with Gasteiger partial charge in [0.15, 0.2) is 5.82 Å². The molecule has 1 unspecified atom stereocenters. The zero-order valence-electron chi connectivity index (χ0n) is 17.6. The Morgan fingerprint density at radius 1 is 1.00 bits per heavy atom. The summed E-state index contributed by atoms with van der Waals surface area (Å²) in [5, 5.41) is 10.5. The first-order valence-corrected chi connectivity index (χ1v) is 11.1. The zero-order chi connectivity index (χ0) is 22.8. The van der Waals surface area contributed by atoms with Crippen molar-refractivity contribution in [1.82, 2.24) is 15.5 Å². The van der Waals surface area contributed by atoms with Crippen molar-refractivity contribution in [2.45, 2.75) is 38.6 Å². The molecule has 1 aromatic heterocycles. The molecular weight excluding hydrogens is 451 g/mol. The molecule has 0 radical (unpaired) electrons. The van der Waals surface area contributed by atoms with Gasteiger partial charge in [-0.25, -0.2) is 0 Å². The van der Waals surface area contributed by atoms with E-state index in [1.54, 1.807) is 30.3 Å². The van der Waals surface area contributed by atoms with Gasteiger partial charge in [-0.1, -0.05) is 42.2 Å². The summed E-state index contributed by atoms with van der Waals surface area (Å²) >= 11 is 11.9. The molecule has 7 nitrogen and oxygen atoms in total. The molecule has 1 fully saturated rings. The highest BCUT2D eigenvalue weighted by atomic mass is 35.5. The maximum atomic E-state index is 12.8. The van der Waals surface area contributed by atoms with Crippen LogP contribution in [-0.4, -0.2) is 22.0 Å². The Labute approximate surface area is 195 Å². The minimum atomic E-state index is -0.394. The summed E-state index contributed by atoms with van der Waals surface area (Å²) in [5.41, 5.74) is 1.32. The van der Waals surface area contributed by atoms with Crippen molar-refractivity contribution in [3.63, 3.8) is 0 Å². The Morgan fingerprint density at radius 3 is 2.25 bits per heavy atom. The largest absolute Gasteiger partial charge is 0.340 e. The molecule has 2 aromatic carbocycles. The average Bonchev–Trinajstić information content (AvgIpc) is 3.48. The summed E-state index contributed by atoms with van der Waals surface area (Å²) in [6.45, 7) is 3.96. The quantitative estimate of drug-likeness (QED) is 0.463. The number of nitrogens with zero attached hydrogens (tertiary/aromatic N) is 2. The Bertz CT molecular complexity index is 1120. The van der Waals surface area contributed by atoms with Gasteiger partial charge in [0.25, 0.3) is 11.8 Å². The van der Waals surface area contributed by atoms with Crippen LogP contribution in [0.2, 0.25) is 10.0 Å². The number of carbonyl (C=O) groups excluding carboxylic acids is 2. The molecule has 1 heterocycles. The molecule has 1 atom stereocenters. The summed E-state index contributed by atoms with van der Waals surface area (Å²) in [7, 11) is 0. The Balaban J connectivity index is 1.42. The molecule has 4 rings (SSSR count). The molecule has 32 heavy (non-hydrogen) atoms. The van der Waals surface area contributed by atoms with E-state index in [0.717, 1.165) is 12.8 Å². The number of rotatable bonds is 7. The van der Waals surface area contributed by atoms with Crippen molar-refractivity contribution < 1.29 is 14.1 Å². The SMILES string of the molecule is CC(C)C(NC(=O)c1ccc(NC(=O)c2cc(Cl)cc(Cl)c2)cc1)c1nc(C2CC2)no1. The van der Waals surface area contributed by atoms with E-state index in [1.807, 2.05) is 13.8 Å². The Kier molecular flexibility index (Phi) is 6.48. The summed E-state index contributed by atoms with van der Waals surface area (Å²) < 4.78 is 5.41. The van der Waals surface area contributed by atoms with Crippen molar-refractivity contribution in [3.8, 4) is 0 Å². The third-order valence-electron chi connectivity index (χ3n) is 5.15. The molecule has 2 amide bonds. The van der Waals surface area contributed by atoms with Crippen LogP contribution in [0.5, 0.6) is 0 Å². The van der Waals surface area contributed by atoms with Crippen LogP contribution in [0, 0.1) is 5.92 Å². The molecule has 0 bridgehead atoms. The standard InChI is InChI=1S/C23H22Cl2N4O3/c1-12(2)19(23-28-20(29-32-23)13-3-4-13)27-21(30)14-5-7-18(8-6-14)26-22(31)15-9-16(24)11-17(25)10-15/h5-13,19H,3-4H2,1-2H3,(H,26,31)(H,27,30). The van der Waals surface area contributed by atoms with E-state index in [1.165, 1.54) is 12.1 Å². The molecule has 1 aliphatic carbocycles. The van der Waals surface area contributed by atoms with Crippen LogP contribution < -0.4 is 10.6 Å². The highest BCUT2D eigenvalue weighted by molar-refractivity contribution is 6.35. The van der Waals surface area contributed by atoms with Crippen LogP contribution in [0.1, 0.15) is 71.1 Å². The van der Waals surface area contributed by atoms with Gasteiger partial charge in [-0.15, -0.1) is 0 Å². The Morgan fingerprint density at radius 2 is 1.66 bits per heavy atom. The highest BCUT2D eigenvalue weighted by Gasteiger charge is 2.31. The van der Waals surface area contributed by atoms with Crippen molar-refractivity contribution >= 4 is 40.7 Å². The molecule has 3 aromatic rings. The van der Waals surface area contributed by atoms with Gasteiger partial charge in [0.1, 0.15) is 6.04 Å². The lowest BCUT2D eigenvalue weighted by molar-refractivity contribution is 0.0913. The third kappa shape index (κ3) is 5.29. The lowest BCUT2D eigenvalue weighted by Crippen LogP contribution is -2.32. The van der Waals surface area contributed by atoms with E-state index in [0.29, 0.717) is 44.5 Å². The zero-order valence-corrected chi connectivity index (χ0v) is 19.1. The van der Waals surface area contributed by atoms with E-state index in [4.69, 9.17) is 27.7 Å². The van der Waals surface area contributed by atoms with E-state index in [-0.39, 0.29) is 17.7 Å². The second kappa shape index (κ2) is 9.30. The van der Waals surface area contributed by atoms with Crippen molar-refractivity contribution in [2.24, 2.45) is 5.92 Å². The van der Waals surface area contributed by atoms with Gasteiger partial charge in [0.2, 0.25) is 5.89 Å². The van der Waals surface area contributed by atoms with E-state index in [9.17, 15) is 9.59 Å². The first kappa shape index (κ1) is 22.3. The van der Waals surface area contributed by atoms with Crippen LogP contribution in [-0.2, 0) is 0 Å². The molecule has 0 aliphatic heterocycles. The lowest BCUT2D eigenvalue weighted by atomic mass is 10.0. The molecular formula is C23H22Cl2N4O3. The number of nitrogens with one attached hydrogen (secondary N) is 2. The maximum absolute atomic E-state index is 12.8. The van der Waals surface area contributed by atoms with E-state index in [2.05, 4.69) is 20.8 Å². The predicted octanol–water partition coefficient (Wildman–Crippen LogP) is 5.63. The van der Waals surface area contributed by atoms with Crippen molar-refractivity contribution in [1.29, 1.82) is 0 Å². The average molecular weight is 473 g/mol. The molecule has 166 valence electrons. The number of hydrogen-bond acceptors (Lipinski definition) is 5. The first-order valence-electron chi connectivity index (χ1n) is 10.3. The number of aromatic nitrogens is 2. The number of halogens is 2. The molecule has 1 aliphatic rings. The van der Waals surface area contributed by atoms with E-state index >= 15 is 0 Å². The number of hydrogen-bond donors (Lipinski definition) is 2. The van der Waals surface area contributed by atoms with Gasteiger partial charge >= 0.3 is 0 Å². The minimum Gasteiger partial charge on any atom is -0.340 e. The van der Waals surface area contributed by atoms with Crippen LogP contribution in [0.25, 0.3) is 0 Å². The topological polar surface area (TPSA) is 97.1 Å². The smallest absolute Gasteiger partial charge is 0.255 e. The molecule has 1 saturated carbocycles. The monoisotopic (exact) mass is 472 g/mol. The predicted molar refractivity (Wildman–Crippen MR) is 122 cm³/mol. The number of carbonyl (C=O) groups is 2. The fourth-order valence-electron chi connectivity index (χ4n) is 3.21.